The van der Waals surface area contributed by atoms with Crippen molar-refractivity contribution in [2.45, 2.75) is 38.8 Å². The molecule has 1 saturated heterocycles. The van der Waals surface area contributed by atoms with Crippen LogP contribution < -0.4 is 5.32 Å². The molecule has 0 spiro atoms. The summed E-state index contributed by atoms with van der Waals surface area (Å²) in [4.78, 5) is 2.40. The summed E-state index contributed by atoms with van der Waals surface area (Å²) in [5.74, 6) is -0.111. The molecule has 1 aromatic rings. The maximum atomic E-state index is 13.2. The molecule has 0 aliphatic carbocycles. The number of halogens is 1. The van der Waals surface area contributed by atoms with Gasteiger partial charge in [-0.2, -0.15) is 0 Å². The third-order valence-electron chi connectivity index (χ3n) is 3.82. The van der Waals surface area contributed by atoms with Gasteiger partial charge in [0.1, 0.15) is 5.82 Å². The van der Waals surface area contributed by atoms with E-state index in [0.29, 0.717) is 6.04 Å². The number of rotatable bonds is 3. The van der Waals surface area contributed by atoms with Gasteiger partial charge >= 0.3 is 0 Å². The lowest BCUT2D eigenvalue weighted by atomic mass is 10.1. The van der Waals surface area contributed by atoms with Crippen LogP contribution >= 0.6 is 0 Å². The first-order chi connectivity index (χ1) is 8.66. The average Bonchev–Trinajstić information content (AvgIpc) is 2.62. The molecule has 1 aliphatic heterocycles. The van der Waals surface area contributed by atoms with Gasteiger partial charge in [0.05, 0.1) is 0 Å². The molecular formula is C15H23FN2. The molecule has 1 N–H and O–H groups in total. The van der Waals surface area contributed by atoms with Crippen molar-refractivity contribution >= 4 is 0 Å². The van der Waals surface area contributed by atoms with Crippen LogP contribution in [0.2, 0.25) is 0 Å². The highest BCUT2D eigenvalue weighted by molar-refractivity contribution is 5.23. The molecule has 100 valence electrons. The Labute approximate surface area is 109 Å². The van der Waals surface area contributed by atoms with Crippen LogP contribution in [0.25, 0.3) is 0 Å². The molecule has 1 atom stereocenters. The zero-order valence-corrected chi connectivity index (χ0v) is 11.4. The van der Waals surface area contributed by atoms with Crippen LogP contribution in [0.4, 0.5) is 4.39 Å². The molecule has 1 aromatic carbocycles. The predicted molar refractivity (Wildman–Crippen MR) is 73.1 cm³/mol. The van der Waals surface area contributed by atoms with Gasteiger partial charge in [-0.1, -0.05) is 12.1 Å². The highest BCUT2D eigenvalue weighted by atomic mass is 19.1. The number of benzene rings is 1. The molecule has 1 aliphatic rings. The Morgan fingerprint density at radius 1 is 1.33 bits per heavy atom. The van der Waals surface area contributed by atoms with Crippen LogP contribution in [0.1, 0.15) is 30.4 Å². The summed E-state index contributed by atoms with van der Waals surface area (Å²) in [6, 6.07) is 6.08. The van der Waals surface area contributed by atoms with Gasteiger partial charge in [-0.3, -0.25) is 4.90 Å². The lowest BCUT2D eigenvalue weighted by molar-refractivity contribution is 0.216. The first-order valence-electron chi connectivity index (χ1n) is 6.83. The van der Waals surface area contributed by atoms with Gasteiger partial charge in [0.25, 0.3) is 0 Å². The highest BCUT2D eigenvalue weighted by Crippen LogP contribution is 2.16. The van der Waals surface area contributed by atoms with Gasteiger partial charge in [-0.25, -0.2) is 4.39 Å². The fourth-order valence-electron chi connectivity index (χ4n) is 2.66. The summed E-state index contributed by atoms with van der Waals surface area (Å²) in [5.41, 5.74) is 1.94. The molecule has 1 heterocycles. The number of aryl methyl sites for hydroxylation is 1. The van der Waals surface area contributed by atoms with Crippen molar-refractivity contribution in [2.75, 3.05) is 20.1 Å². The lowest BCUT2D eigenvalue weighted by Gasteiger charge is -2.27. The molecular weight excluding hydrogens is 227 g/mol. The quantitative estimate of drug-likeness (QED) is 0.887. The van der Waals surface area contributed by atoms with Gasteiger partial charge < -0.3 is 5.32 Å². The topological polar surface area (TPSA) is 15.3 Å². The van der Waals surface area contributed by atoms with Gasteiger partial charge in [0.2, 0.25) is 0 Å². The Morgan fingerprint density at radius 2 is 2.17 bits per heavy atom. The van der Waals surface area contributed by atoms with Gasteiger partial charge in [0, 0.05) is 12.6 Å². The minimum Gasteiger partial charge on any atom is -0.317 e. The minimum atomic E-state index is -0.111. The molecule has 1 fully saturated rings. The summed E-state index contributed by atoms with van der Waals surface area (Å²) >= 11 is 0. The minimum absolute atomic E-state index is 0.111. The predicted octanol–water partition coefficient (Wildman–Crippen LogP) is 2.71. The SMILES string of the molecule is Cc1cc(CN(C)C2CCCNCC2)ccc1F. The molecule has 0 amide bonds. The second-order valence-electron chi connectivity index (χ2n) is 5.33. The van der Waals surface area contributed by atoms with Crippen molar-refractivity contribution in [3.05, 3.63) is 35.1 Å². The number of hydrogen-bond acceptors (Lipinski definition) is 2. The van der Waals surface area contributed by atoms with E-state index in [0.717, 1.165) is 25.2 Å². The molecule has 0 aromatic heterocycles. The average molecular weight is 250 g/mol. The second kappa shape index (κ2) is 6.30. The fraction of sp³-hybridized carbons (Fsp3) is 0.600. The van der Waals surface area contributed by atoms with Gasteiger partial charge in [-0.05, 0) is 63.5 Å². The summed E-state index contributed by atoms with van der Waals surface area (Å²) in [6.07, 6.45) is 3.71. The Kier molecular flexibility index (Phi) is 4.72. The lowest BCUT2D eigenvalue weighted by Crippen LogP contribution is -2.32. The van der Waals surface area contributed by atoms with Crippen LogP contribution in [0.15, 0.2) is 18.2 Å². The van der Waals surface area contributed by atoms with Crippen LogP contribution in [-0.2, 0) is 6.54 Å². The zero-order chi connectivity index (χ0) is 13.0. The van der Waals surface area contributed by atoms with E-state index in [-0.39, 0.29) is 5.82 Å². The molecule has 2 rings (SSSR count). The van der Waals surface area contributed by atoms with Gasteiger partial charge in [0.15, 0.2) is 0 Å². The van der Waals surface area contributed by atoms with E-state index < -0.39 is 0 Å². The first-order valence-corrected chi connectivity index (χ1v) is 6.83. The smallest absolute Gasteiger partial charge is 0.126 e. The molecule has 3 heteroatoms. The maximum absolute atomic E-state index is 13.2. The van der Waals surface area contributed by atoms with E-state index >= 15 is 0 Å². The maximum Gasteiger partial charge on any atom is 0.126 e. The van der Waals surface area contributed by atoms with Crippen molar-refractivity contribution in [3.8, 4) is 0 Å². The summed E-state index contributed by atoms with van der Waals surface area (Å²) in [5, 5.41) is 3.44. The van der Waals surface area contributed by atoms with E-state index in [1.807, 2.05) is 19.1 Å². The van der Waals surface area contributed by atoms with Crippen molar-refractivity contribution in [3.63, 3.8) is 0 Å². The summed E-state index contributed by atoms with van der Waals surface area (Å²) < 4.78 is 13.2. The second-order valence-corrected chi connectivity index (χ2v) is 5.33. The van der Waals surface area contributed by atoms with E-state index in [9.17, 15) is 4.39 Å². The Morgan fingerprint density at radius 3 is 2.94 bits per heavy atom. The largest absolute Gasteiger partial charge is 0.317 e. The van der Waals surface area contributed by atoms with E-state index in [1.165, 1.54) is 24.8 Å². The molecule has 0 radical (unpaired) electrons. The Hall–Kier alpha value is -0.930. The molecule has 0 saturated carbocycles. The van der Waals surface area contributed by atoms with E-state index in [1.54, 1.807) is 6.07 Å². The van der Waals surface area contributed by atoms with Crippen LogP contribution in [-0.4, -0.2) is 31.1 Å². The van der Waals surface area contributed by atoms with E-state index in [4.69, 9.17) is 0 Å². The van der Waals surface area contributed by atoms with Crippen LogP contribution in [0, 0.1) is 12.7 Å². The number of hydrogen-bond donors (Lipinski definition) is 1. The van der Waals surface area contributed by atoms with Crippen molar-refractivity contribution in [2.24, 2.45) is 0 Å². The highest BCUT2D eigenvalue weighted by Gasteiger charge is 2.16. The Bertz CT molecular complexity index is 384. The molecule has 18 heavy (non-hydrogen) atoms. The van der Waals surface area contributed by atoms with Crippen molar-refractivity contribution in [1.29, 1.82) is 0 Å². The van der Waals surface area contributed by atoms with Crippen molar-refractivity contribution < 1.29 is 4.39 Å². The van der Waals surface area contributed by atoms with Crippen molar-refractivity contribution in [1.82, 2.24) is 10.2 Å². The Balaban J connectivity index is 1.96. The zero-order valence-electron chi connectivity index (χ0n) is 11.4. The first kappa shape index (κ1) is 13.5. The normalized spacial score (nSPS) is 21.0. The third-order valence-corrected chi connectivity index (χ3v) is 3.82. The fourth-order valence-corrected chi connectivity index (χ4v) is 2.66. The number of nitrogens with one attached hydrogen (secondary N) is 1. The standard InChI is InChI=1S/C15H23FN2/c1-12-10-13(5-6-15(12)16)11-18(2)14-4-3-8-17-9-7-14/h5-6,10,14,17H,3-4,7-9,11H2,1-2H3. The van der Waals surface area contributed by atoms with Crippen LogP contribution in [0.3, 0.4) is 0 Å². The van der Waals surface area contributed by atoms with Gasteiger partial charge in [-0.15, -0.1) is 0 Å². The summed E-state index contributed by atoms with van der Waals surface area (Å²) in [7, 11) is 2.18. The van der Waals surface area contributed by atoms with Crippen LogP contribution in [0.5, 0.6) is 0 Å². The summed E-state index contributed by atoms with van der Waals surface area (Å²) in [6.45, 7) is 4.98. The molecule has 0 bridgehead atoms. The van der Waals surface area contributed by atoms with E-state index in [2.05, 4.69) is 17.3 Å². The number of nitrogens with zero attached hydrogens (tertiary/aromatic N) is 1. The monoisotopic (exact) mass is 250 g/mol. The molecule has 2 nitrogen and oxygen atoms in total. The third kappa shape index (κ3) is 3.53. The molecule has 1 unspecified atom stereocenters.